The highest BCUT2D eigenvalue weighted by Crippen LogP contribution is 2.37. The first-order valence-electron chi connectivity index (χ1n) is 7.14. The molecule has 0 N–H and O–H groups in total. The largest absolute Gasteiger partial charge is 0.392 e. The molecule has 0 atom stereocenters. The zero-order valence-electron chi connectivity index (χ0n) is 11.8. The van der Waals surface area contributed by atoms with Crippen LogP contribution in [0.15, 0.2) is 24.3 Å². The quantitative estimate of drug-likeness (QED) is 0.370. The molecule has 1 saturated carbocycles. The Morgan fingerprint density at radius 1 is 0.955 bits per heavy atom. The topological polar surface area (TPSA) is 0 Å². The molecule has 22 heavy (non-hydrogen) atoms. The van der Waals surface area contributed by atoms with Crippen molar-refractivity contribution in [1.29, 1.82) is 0 Å². The van der Waals surface area contributed by atoms with E-state index in [4.69, 9.17) is 0 Å². The lowest BCUT2D eigenvalue weighted by Gasteiger charge is -2.27. The van der Waals surface area contributed by atoms with Crippen molar-refractivity contribution >= 4 is 0 Å². The van der Waals surface area contributed by atoms with Crippen LogP contribution in [0.5, 0.6) is 0 Å². The van der Waals surface area contributed by atoms with Crippen molar-refractivity contribution in [2.45, 2.75) is 44.2 Å². The van der Waals surface area contributed by atoms with Gasteiger partial charge in [0.15, 0.2) is 17.5 Å². The summed E-state index contributed by atoms with van der Waals surface area (Å²) < 4.78 is 75.5. The van der Waals surface area contributed by atoms with Crippen LogP contribution in [0.1, 0.15) is 43.6 Å². The number of hydrogen-bond donors (Lipinski definition) is 0. The summed E-state index contributed by atoms with van der Waals surface area (Å²) >= 11 is 0. The van der Waals surface area contributed by atoms with Gasteiger partial charge in [-0.15, -0.1) is 0 Å². The minimum Gasteiger partial charge on any atom is -0.204 e. The van der Waals surface area contributed by atoms with Crippen LogP contribution in [-0.4, -0.2) is 6.18 Å². The Hall–Kier alpha value is -1.46. The Morgan fingerprint density at radius 2 is 1.50 bits per heavy atom. The fraction of sp³-hybridized carbons (Fsp3) is 0.500. The van der Waals surface area contributed by atoms with E-state index in [9.17, 15) is 26.3 Å². The second-order valence-electron chi connectivity index (χ2n) is 5.66. The molecule has 0 heterocycles. The van der Waals surface area contributed by atoms with Crippen LogP contribution in [-0.2, 0) is 0 Å². The number of alkyl halides is 3. The van der Waals surface area contributed by atoms with Crippen molar-refractivity contribution in [1.82, 2.24) is 0 Å². The lowest BCUT2D eigenvalue weighted by molar-refractivity contribution is -0.125. The van der Waals surface area contributed by atoms with Gasteiger partial charge in [0, 0.05) is 0 Å². The minimum absolute atomic E-state index is 0.0498. The van der Waals surface area contributed by atoms with Gasteiger partial charge in [-0.1, -0.05) is 12.2 Å². The van der Waals surface area contributed by atoms with Gasteiger partial charge in [0.1, 0.15) is 0 Å². The van der Waals surface area contributed by atoms with E-state index in [0.29, 0.717) is 31.2 Å². The van der Waals surface area contributed by atoms with Crippen LogP contribution in [0, 0.1) is 23.4 Å². The Kier molecular flexibility index (Phi) is 5.19. The van der Waals surface area contributed by atoms with Crippen LogP contribution >= 0.6 is 0 Å². The van der Waals surface area contributed by atoms with Crippen molar-refractivity contribution in [3.05, 3.63) is 47.3 Å². The molecule has 1 fully saturated rings. The Bertz CT molecular complexity index is 515. The lowest BCUT2D eigenvalue weighted by atomic mass is 9.78. The summed E-state index contributed by atoms with van der Waals surface area (Å²) in [6, 6.07) is 2.01. The minimum atomic E-state index is -4.20. The van der Waals surface area contributed by atoms with Crippen molar-refractivity contribution in [3.8, 4) is 0 Å². The van der Waals surface area contributed by atoms with Crippen molar-refractivity contribution in [2.75, 3.05) is 0 Å². The molecule has 0 saturated heterocycles. The second kappa shape index (κ2) is 6.75. The highest BCUT2D eigenvalue weighted by atomic mass is 19.4. The molecule has 0 spiro atoms. The average molecular weight is 322 g/mol. The van der Waals surface area contributed by atoms with Crippen LogP contribution in [0.2, 0.25) is 0 Å². The van der Waals surface area contributed by atoms with Gasteiger partial charge in [0.25, 0.3) is 0 Å². The number of hydrogen-bond acceptors (Lipinski definition) is 0. The first-order chi connectivity index (χ1) is 10.3. The third kappa shape index (κ3) is 4.52. The summed E-state index contributed by atoms with van der Waals surface area (Å²) in [5.41, 5.74) is 0.411. The molecule has 1 aromatic rings. The molecule has 0 aliphatic heterocycles. The van der Waals surface area contributed by atoms with Crippen LogP contribution in [0.4, 0.5) is 26.3 Å². The average Bonchev–Trinajstić information content (AvgIpc) is 2.43. The van der Waals surface area contributed by atoms with Gasteiger partial charge in [-0.2, -0.15) is 13.2 Å². The Morgan fingerprint density at radius 3 is 2.00 bits per heavy atom. The van der Waals surface area contributed by atoms with Crippen molar-refractivity contribution in [2.24, 2.45) is 5.92 Å². The molecule has 0 bridgehead atoms. The van der Waals surface area contributed by atoms with E-state index in [1.54, 1.807) is 6.08 Å². The first kappa shape index (κ1) is 16.9. The van der Waals surface area contributed by atoms with E-state index < -0.39 is 30.0 Å². The molecular formula is C16H16F6. The summed E-state index contributed by atoms with van der Waals surface area (Å²) in [6.07, 6.45) is 0.0896. The fourth-order valence-electron chi connectivity index (χ4n) is 2.85. The third-order valence-corrected chi connectivity index (χ3v) is 4.01. The normalized spacial score (nSPS) is 23.2. The third-order valence-electron chi connectivity index (χ3n) is 4.01. The van der Waals surface area contributed by atoms with Gasteiger partial charge in [-0.25, -0.2) is 13.2 Å². The zero-order chi connectivity index (χ0) is 16.3. The predicted molar refractivity (Wildman–Crippen MR) is 70.8 cm³/mol. The van der Waals surface area contributed by atoms with E-state index in [0.717, 1.165) is 18.2 Å². The molecule has 122 valence electrons. The smallest absolute Gasteiger partial charge is 0.204 e. The molecule has 1 aromatic carbocycles. The first-order valence-corrected chi connectivity index (χ1v) is 7.14. The maximum Gasteiger partial charge on any atom is 0.392 e. The molecule has 0 aromatic heterocycles. The molecule has 0 nitrogen and oxygen atoms in total. The highest BCUT2D eigenvalue weighted by Gasteiger charge is 2.26. The maximum atomic E-state index is 13.2. The van der Waals surface area contributed by atoms with Gasteiger partial charge in [0.05, 0.1) is 6.42 Å². The maximum absolute atomic E-state index is 13.2. The van der Waals surface area contributed by atoms with Crippen molar-refractivity contribution < 1.29 is 26.3 Å². The fourth-order valence-corrected chi connectivity index (χ4v) is 2.85. The highest BCUT2D eigenvalue weighted by molar-refractivity contribution is 5.23. The van der Waals surface area contributed by atoms with E-state index in [-0.39, 0.29) is 11.8 Å². The van der Waals surface area contributed by atoms with Crippen LogP contribution < -0.4 is 0 Å². The van der Waals surface area contributed by atoms with Gasteiger partial charge >= 0.3 is 6.18 Å². The molecule has 0 unspecified atom stereocenters. The molecular weight excluding hydrogens is 306 g/mol. The number of rotatable bonds is 3. The molecule has 6 heteroatoms. The Balaban J connectivity index is 1.92. The standard InChI is InChI=1S/C16H16F6/c17-13-8-12(9-14(18)15(13)19)11-5-3-10(4-6-11)2-1-7-16(20,21)22/h1-2,8-11H,3-7H2/b2-1+. The van der Waals surface area contributed by atoms with E-state index in [1.807, 2.05) is 0 Å². The molecule has 2 rings (SSSR count). The number of allylic oxidation sites excluding steroid dienone is 2. The van der Waals surface area contributed by atoms with E-state index >= 15 is 0 Å². The van der Waals surface area contributed by atoms with Crippen LogP contribution in [0.3, 0.4) is 0 Å². The lowest BCUT2D eigenvalue weighted by Crippen LogP contribution is -2.13. The van der Waals surface area contributed by atoms with Gasteiger partial charge < -0.3 is 0 Å². The summed E-state index contributed by atoms with van der Waals surface area (Å²) in [5.74, 6) is -3.93. The summed E-state index contributed by atoms with van der Waals surface area (Å²) in [6.45, 7) is 0. The molecule has 0 amide bonds. The SMILES string of the molecule is Fc1cc(C2CCC(/C=C/CC(F)(F)F)CC2)cc(F)c1F. The molecule has 1 aliphatic rings. The van der Waals surface area contributed by atoms with E-state index in [1.165, 1.54) is 0 Å². The van der Waals surface area contributed by atoms with Gasteiger partial charge in [0.2, 0.25) is 0 Å². The van der Waals surface area contributed by atoms with Gasteiger partial charge in [-0.05, 0) is 55.2 Å². The van der Waals surface area contributed by atoms with Crippen molar-refractivity contribution in [3.63, 3.8) is 0 Å². The number of halogens is 6. The Labute approximate surface area is 124 Å². The van der Waals surface area contributed by atoms with Gasteiger partial charge in [-0.3, -0.25) is 0 Å². The monoisotopic (exact) mass is 322 g/mol. The molecule has 0 radical (unpaired) electrons. The summed E-state index contributed by atoms with van der Waals surface area (Å²) in [7, 11) is 0. The number of benzene rings is 1. The summed E-state index contributed by atoms with van der Waals surface area (Å²) in [4.78, 5) is 0. The molecule has 1 aliphatic carbocycles. The summed E-state index contributed by atoms with van der Waals surface area (Å²) in [5, 5.41) is 0. The van der Waals surface area contributed by atoms with E-state index in [2.05, 4.69) is 0 Å². The predicted octanol–water partition coefficient (Wildman–Crippen LogP) is 5.89. The second-order valence-corrected chi connectivity index (χ2v) is 5.66. The zero-order valence-corrected chi connectivity index (χ0v) is 11.8. The van der Waals surface area contributed by atoms with Crippen LogP contribution in [0.25, 0.3) is 0 Å².